The fourth-order valence-corrected chi connectivity index (χ4v) is 1.80. The first-order chi connectivity index (χ1) is 8.53. The Morgan fingerprint density at radius 2 is 2.00 bits per heavy atom. The van der Waals surface area contributed by atoms with Crippen molar-refractivity contribution in [2.75, 3.05) is 20.2 Å². The van der Waals surface area contributed by atoms with Crippen LogP contribution in [0.25, 0.3) is 0 Å². The number of aliphatic hydroxyl groups excluding tert-OH is 1. The van der Waals surface area contributed by atoms with E-state index in [1.165, 1.54) is 0 Å². The molecule has 100 valence electrons. The van der Waals surface area contributed by atoms with Crippen LogP contribution in [0.1, 0.15) is 19.4 Å². The van der Waals surface area contributed by atoms with Crippen molar-refractivity contribution in [1.29, 1.82) is 0 Å². The van der Waals surface area contributed by atoms with Crippen LogP contribution in [0.5, 0.6) is 0 Å². The maximum atomic E-state index is 12.0. The number of benzene rings is 1. The lowest BCUT2D eigenvalue weighted by Gasteiger charge is -2.30. The highest BCUT2D eigenvalue weighted by atomic mass is 16.3. The molecule has 0 saturated carbocycles. The standard InChI is InChI=1S/C14H22N2O2/c1-11(9-15-3)13(18)16-14(2,10-17)12-7-5-4-6-8-12/h4-8,11,15,17H,9-10H2,1-3H3,(H,16,18). The van der Waals surface area contributed by atoms with Gasteiger partial charge in [0.25, 0.3) is 0 Å². The van der Waals surface area contributed by atoms with Crippen molar-refractivity contribution >= 4 is 5.91 Å². The van der Waals surface area contributed by atoms with Gasteiger partial charge in [-0.25, -0.2) is 0 Å². The van der Waals surface area contributed by atoms with Crippen LogP contribution < -0.4 is 10.6 Å². The molecule has 0 heterocycles. The third kappa shape index (κ3) is 3.55. The minimum absolute atomic E-state index is 0.0650. The highest BCUT2D eigenvalue weighted by Crippen LogP contribution is 2.20. The zero-order valence-corrected chi connectivity index (χ0v) is 11.2. The average molecular weight is 250 g/mol. The van der Waals surface area contributed by atoms with Crippen molar-refractivity contribution in [3.8, 4) is 0 Å². The molecular weight excluding hydrogens is 228 g/mol. The van der Waals surface area contributed by atoms with Gasteiger partial charge in [-0.3, -0.25) is 4.79 Å². The minimum Gasteiger partial charge on any atom is -0.394 e. The van der Waals surface area contributed by atoms with E-state index >= 15 is 0 Å². The first kappa shape index (κ1) is 14.7. The molecule has 0 aliphatic heterocycles. The van der Waals surface area contributed by atoms with E-state index in [-0.39, 0.29) is 18.4 Å². The lowest BCUT2D eigenvalue weighted by atomic mass is 9.92. The maximum absolute atomic E-state index is 12.0. The second-order valence-electron chi connectivity index (χ2n) is 4.80. The molecule has 2 atom stereocenters. The molecule has 0 aromatic heterocycles. The van der Waals surface area contributed by atoms with E-state index in [1.54, 1.807) is 0 Å². The van der Waals surface area contributed by atoms with Crippen molar-refractivity contribution in [2.24, 2.45) is 5.92 Å². The monoisotopic (exact) mass is 250 g/mol. The van der Waals surface area contributed by atoms with E-state index in [9.17, 15) is 9.90 Å². The average Bonchev–Trinajstić information content (AvgIpc) is 2.39. The van der Waals surface area contributed by atoms with Gasteiger partial charge in [0.05, 0.1) is 12.1 Å². The highest BCUT2D eigenvalue weighted by molar-refractivity contribution is 5.79. The molecule has 1 amide bonds. The normalized spacial score (nSPS) is 15.8. The summed E-state index contributed by atoms with van der Waals surface area (Å²) in [6.45, 7) is 4.16. The second-order valence-corrected chi connectivity index (χ2v) is 4.80. The molecule has 1 rings (SSSR count). The SMILES string of the molecule is CNCC(C)C(=O)NC(C)(CO)c1ccccc1. The smallest absolute Gasteiger partial charge is 0.224 e. The van der Waals surface area contributed by atoms with Gasteiger partial charge in [0.15, 0.2) is 0 Å². The molecule has 1 aromatic carbocycles. The van der Waals surface area contributed by atoms with E-state index < -0.39 is 5.54 Å². The van der Waals surface area contributed by atoms with Gasteiger partial charge in [-0.15, -0.1) is 0 Å². The molecule has 1 aromatic rings. The van der Waals surface area contributed by atoms with Crippen molar-refractivity contribution in [3.63, 3.8) is 0 Å². The zero-order chi connectivity index (χ0) is 13.6. The summed E-state index contributed by atoms with van der Waals surface area (Å²) < 4.78 is 0. The molecule has 4 heteroatoms. The molecule has 3 N–H and O–H groups in total. The molecule has 0 aliphatic rings. The largest absolute Gasteiger partial charge is 0.394 e. The number of hydrogen-bond acceptors (Lipinski definition) is 3. The summed E-state index contributed by atoms with van der Waals surface area (Å²) in [4.78, 5) is 12.0. The lowest BCUT2D eigenvalue weighted by molar-refractivity contribution is -0.126. The summed E-state index contributed by atoms with van der Waals surface area (Å²) in [5.74, 6) is -0.200. The molecule has 0 spiro atoms. The number of carbonyl (C=O) groups is 1. The van der Waals surface area contributed by atoms with E-state index in [0.717, 1.165) is 5.56 Å². The Labute approximate surface area is 108 Å². The number of hydrogen-bond donors (Lipinski definition) is 3. The molecule has 0 bridgehead atoms. The predicted octanol–water partition coefficient (Wildman–Crippen LogP) is 0.866. The lowest BCUT2D eigenvalue weighted by Crippen LogP contribution is -2.49. The summed E-state index contributed by atoms with van der Waals surface area (Å²) in [6, 6.07) is 9.50. The van der Waals surface area contributed by atoms with E-state index in [2.05, 4.69) is 10.6 Å². The van der Waals surface area contributed by atoms with Gasteiger partial charge in [-0.1, -0.05) is 37.3 Å². The summed E-state index contributed by atoms with van der Waals surface area (Å²) in [5.41, 5.74) is 0.165. The quantitative estimate of drug-likeness (QED) is 0.702. The Bertz CT molecular complexity index is 381. The summed E-state index contributed by atoms with van der Waals surface area (Å²) >= 11 is 0. The van der Waals surface area contributed by atoms with Crippen molar-refractivity contribution in [3.05, 3.63) is 35.9 Å². The van der Waals surface area contributed by atoms with Crippen LogP contribution in [0.4, 0.5) is 0 Å². The fraction of sp³-hybridized carbons (Fsp3) is 0.500. The third-order valence-corrected chi connectivity index (χ3v) is 3.08. The molecule has 2 unspecified atom stereocenters. The fourth-order valence-electron chi connectivity index (χ4n) is 1.80. The first-order valence-electron chi connectivity index (χ1n) is 6.16. The maximum Gasteiger partial charge on any atom is 0.224 e. The summed E-state index contributed by atoms with van der Waals surface area (Å²) in [7, 11) is 1.81. The zero-order valence-electron chi connectivity index (χ0n) is 11.2. The van der Waals surface area contributed by atoms with E-state index in [1.807, 2.05) is 51.2 Å². The number of carbonyl (C=O) groups excluding carboxylic acids is 1. The first-order valence-corrected chi connectivity index (χ1v) is 6.16. The minimum atomic E-state index is -0.736. The number of aliphatic hydroxyl groups is 1. The van der Waals surface area contributed by atoms with Gasteiger partial charge in [0.2, 0.25) is 5.91 Å². The van der Waals surface area contributed by atoms with Crippen LogP contribution in [-0.4, -0.2) is 31.2 Å². The third-order valence-electron chi connectivity index (χ3n) is 3.08. The molecule has 0 aliphatic carbocycles. The van der Waals surface area contributed by atoms with Gasteiger partial charge in [0, 0.05) is 12.5 Å². The molecule has 0 fully saturated rings. The molecule has 4 nitrogen and oxygen atoms in total. The Kier molecular flexibility index (Phi) is 5.31. The summed E-state index contributed by atoms with van der Waals surface area (Å²) in [6.07, 6.45) is 0. The van der Waals surface area contributed by atoms with Gasteiger partial charge in [-0.05, 0) is 19.5 Å². The van der Waals surface area contributed by atoms with Crippen LogP contribution in [0, 0.1) is 5.92 Å². The number of nitrogens with one attached hydrogen (secondary N) is 2. The molecule has 18 heavy (non-hydrogen) atoms. The molecular formula is C14H22N2O2. The Morgan fingerprint density at radius 1 is 1.39 bits per heavy atom. The molecule has 0 radical (unpaired) electrons. The Hall–Kier alpha value is -1.39. The van der Waals surface area contributed by atoms with E-state index in [0.29, 0.717) is 6.54 Å². The van der Waals surface area contributed by atoms with Gasteiger partial charge < -0.3 is 15.7 Å². The van der Waals surface area contributed by atoms with Gasteiger partial charge in [-0.2, -0.15) is 0 Å². The highest BCUT2D eigenvalue weighted by Gasteiger charge is 2.29. The number of rotatable bonds is 6. The van der Waals surface area contributed by atoms with E-state index in [4.69, 9.17) is 0 Å². The molecule has 0 saturated heterocycles. The Morgan fingerprint density at radius 3 is 2.50 bits per heavy atom. The van der Waals surface area contributed by atoms with Crippen LogP contribution in [-0.2, 0) is 10.3 Å². The van der Waals surface area contributed by atoms with Crippen LogP contribution in [0.2, 0.25) is 0 Å². The predicted molar refractivity (Wildman–Crippen MR) is 72.1 cm³/mol. The van der Waals surface area contributed by atoms with Crippen molar-refractivity contribution in [2.45, 2.75) is 19.4 Å². The van der Waals surface area contributed by atoms with Crippen molar-refractivity contribution in [1.82, 2.24) is 10.6 Å². The Balaban J connectivity index is 2.81. The second kappa shape index (κ2) is 6.52. The van der Waals surface area contributed by atoms with Crippen LogP contribution in [0.3, 0.4) is 0 Å². The van der Waals surface area contributed by atoms with Crippen molar-refractivity contribution < 1.29 is 9.90 Å². The topological polar surface area (TPSA) is 61.4 Å². The van der Waals surface area contributed by atoms with Gasteiger partial charge in [0.1, 0.15) is 0 Å². The summed E-state index contributed by atoms with van der Waals surface area (Å²) in [5, 5.41) is 15.5. The van der Waals surface area contributed by atoms with Crippen LogP contribution in [0.15, 0.2) is 30.3 Å². The van der Waals surface area contributed by atoms with Crippen LogP contribution >= 0.6 is 0 Å². The number of amides is 1. The van der Waals surface area contributed by atoms with Gasteiger partial charge >= 0.3 is 0 Å².